The Kier molecular flexibility index (Phi) is 2.87. The molecule has 1 aliphatic rings. The summed E-state index contributed by atoms with van der Waals surface area (Å²) >= 11 is 0. The van der Waals surface area contributed by atoms with Gasteiger partial charge in [-0.05, 0) is 24.6 Å². The number of aromatic nitrogens is 2. The average Bonchev–Trinajstić information content (AvgIpc) is 3.04. The highest BCUT2D eigenvalue weighted by atomic mass is 16.5. The second-order valence-corrected chi connectivity index (χ2v) is 4.76. The number of aromatic amines is 1. The van der Waals surface area contributed by atoms with Gasteiger partial charge in [0, 0.05) is 31.3 Å². The number of fused-ring (bicyclic) bond motifs is 1. The van der Waals surface area contributed by atoms with Crippen LogP contribution in [0.15, 0.2) is 18.2 Å². The summed E-state index contributed by atoms with van der Waals surface area (Å²) in [6.07, 6.45) is 1.29. The maximum Gasteiger partial charge on any atom is 0.269 e. The Balaban J connectivity index is 1.97. The van der Waals surface area contributed by atoms with Crippen molar-refractivity contribution in [1.29, 1.82) is 0 Å². The van der Waals surface area contributed by atoms with E-state index < -0.39 is 5.91 Å². The first-order chi connectivity index (χ1) is 9.19. The molecule has 2 heterocycles. The van der Waals surface area contributed by atoms with Gasteiger partial charge in [0.2, 0.25) is 0 Å². The molecule has 100 valence electrons. The van der Waals surface area contributed by atoms with Crippen molar-refractivity contribution in [1.82, 2.24) is 10.2 Å². The van der Waals surface area contributed by atoms with E-state index >= 15 is 0 Å². The zero-order valence-electron chi connectivity index (χ0n) is 10.7. The lowest BCUT2D eigenvalue weighted by molar-refractivity contribution is 0.0997. The molecular weight excluding hydrogens is 244 g/mol. The second-order valence-electron chi connectivity index (χ2n) is 4.76. The van der Waals surface area contributed by atoms with Crippen LogP contribution in [0.25, 0.3) is 10.9 Å². The summed E-state index contributed by atoms with van der Waals surface area (Å²) in [5.74, 6) is -0.514. The molecule has 1 amide bonds. The Labute approximate surface area is 110 Å². The van der Waals surface area contributed by atoms with E-state index in [1.165, 1.54) is 0 Å². The Morgan fingerprint density at radius 1 is 1.58 bits per heavy atom. The van der Waals surface area contributed by atoms with E-state index in [9.17, 15) is 4.79 Å². The van der Waals surface area contributed by atoms with Crippen LogP contribution in [0.2, 0.25) is 0 Å². The highest BCUT2D eigenvalue weighted by Gasteiger charge is 2.23. The lowest BCUT2D eigenvalue weighted by Crippen LogP contribution is -2.22. The minimum atomic E-state index is -0.514. The standard InChI is InChI=1S/C13H16N4O2/c1-19-9-4-5-17(7-9)8-2-3-11-10(6-8)12(13(14)18)16-15-11/h2-3,6,9H,4-5,7H2,1H3,(H2,14,18)(H,15,16). The van der Waals surface area contributed by atoms with Gasteiger partial charge < -0.3 is 15.4 Å². The fourth-order valence-electron chi connectivity index (χ4n) is 2.54. The molecule has 0 bridgehead atoms. The van der Waals surface area contributed by atoms with Gasteiger partial charge in [-0.3, -0.25) is 9.89 Å². The number of carbonyl (C=O) groups is 1. The first-order valence-corrected chi connectivity index (χ1v) is 6.24. The topological polar surface area (TPSA) is 84.2 Å². The molecule has 1 fully saturated rings. The molecule has 3 N–H and O–H groups in total. The summed E-state index contributed by atoms with van der Waals surface area (Å²) < 4.78 is 5.36. The molecule has 1 saturated heterocycles. The summed E-state index contributed by atoms with van der Waals surface area (Å²) in [5, 5.41) is 7.53. The summed E-state index contributed by atoms with van der Waals surface area (Å²) in [6, 6.07) is 5.89. The van der Waals surface area contributed by atoms with Crippen molar-refractivity contribution in [3.8, 4) is 0 Å². The fourth-order valence-corrected chi connectivity index (χ4v) is 2.54. The molecule has 1 atom stereocenters. The minimum Gasteiger partial charge on any atom is -0.380 e. The summed E-state index contributed by atoms with van der Waals surface area (Å²) in [5.41, 5.74) is 7.49. The predicted octanol–water partition coefficient (Wildman–Crippen LogP) is 0.887. The molecule has 2 aromatic rings. The molecule has 3 rings (SSSR count). The maximum atomic E-state index is 11.3. The normalized spacial score (nSPS) is 19.2. The van der Waals surface area contributed by atoms with Gasteiger partial charge in [-0.15, -0.1) is 0 Å². The third kappa shape index (κ3) is 2.04. The Hall–Kier alpha value is -2.08. The molecule has 0 radical (unpaired) electrons. The number of rotatable bonds is 3. The lowest BCUT2D eigenvalue weighted by atomic mass is 10.1. The molecule has 6 nitrogen and oxygen atoms in total. The summed E-state index contributed by atoms with van der Waals surface area (Å²) in [6.45, 7) is 1.82. The SMILES string of the molecule is COC1CCN(c2ccc3[nH]nc(C(N)=O)c3c2)C1. The van der Waals surface area contributed by atoms with Crippen molar-refractivity contribution in [2.24, 2.45) is 5.73 Å². The van der Waals surface area contributed by atoms with Gasteiger partial charge in [0.1, 0.15) is 0 Å². The molecule has 1 aromatic heterocycles. The summed E-state index contributed by atoms with van der Waals surface area (Å²) in [4.78, 5) is 13.6. The number of primary amides is 1. The van der Waals surface area contributed by atoms with Crippen molar-refractivity contribution in [3.05, 3.63) is 23.9 Å². The molecule has 6 heteroatoms. The molecule has 1 aliphatic heterocycles. The van der Waals surface area contributed by atoms with Crippen LogP contribution in [0.3, 0.4) is 0 Å². The number of methoxy groups -OCH3 is 1. The molecule has 1 unspecified atom stereocenters. The number of hydrogen-bond donors (Lipinski definition) is 2. The van der Waals surface area contributed by atoms with Crippen LogP contribution in [0.4, 0.5) is 5.69 Å². The van der Waals surface area contributed by atoms with E-state index in [0.717, 1.165) is 36.1 Å². The minimum absolute atomic E-state index is 0.274. The van der Waals surface area contributed by atoms with Crippen molar-refractivity contribution in [3.63, 3.8) is 0 Å². The van der Waals surface area contributed by atoms with Crippen LogP contribution in [0, 0.1) is 0 Å². The van der Waals surface area contributed by atoms with Gasteiger partial charge in [0.25, 0.3) is 5.91 Å². The Morgan fingerprint density at radius 3 is 3.11 bits per heavy atom. The molecule has 0 saturated carbocycles. The smallest absolute Gasteiger partial charge is 0.269 e. The zero-order valence-corrected chi connectivity index (χ0v) is 10.7. The molecule has 0 spiro atoms. The number of nitrogens with one attached hydrogen (secondary N) is 1. The van der Waals surface area contributed by atoms with Crippen molar-refractivity contribution >= 4 is 22.5 Å². The second kappa shape index (κ2) is 4.55. The Morgan fingerprint density at radius 2 is 2.42 bits per heavy atom. The number of benzene rings is 1. The average molecular weight is 260 g/mol. The van der Waals surface area contributed by atoms with E-state index in [1.807, 2.05) is 18.2 Å². The lowest BCUT2D eigenvalue weighted by Gasteiger charge is -2.18. The fraction of sp³-hybridized carbons (Fsp3) is 0.385. The number of anilines is 1. The van der Waals surface area contributed by atoms with E-state index in [4.69, 9.17) is 10.5 Å². The monoisotopic (exact) mass is 260 g/mol. The third-order valence-electron chi connectivity index (χ3n) is 3.62. The van der Waals surface area contributed by atoms with Crippen molar-refractivity contribution in [2.75, 3.05) is 25.1 Å². The number of H-pyrrole nitrogens is 1. The van der Waals surface area contributed by atoms with Crippen LogP contribution in [-0.2, 0) is 4.74 Å². The van der Waals surface area contributed by atoms with Crippen molar-refractivity contribution in [2.45, 2.75) is 12.5 Å². The molecule has 0 aliphatic carbocycles. The van der Waals surface area contributed by atoms with E-state index in [2.05, 4.69) is 15.1 Å². The number of carbonyl (C=O) groups excluding carboxylic acids is 1. The van der Waals surface area contributed by atoms with Gasteiger partial charge >= 0.3 is 0 Å². The predicted molar refractivity (Wildman–Crippen MR) is 72.2 cm³/mol. The van der Waals surface area contributed by atoms with E-state index in [1.54, 1.807) is 7.11 Å². The van der Waals surface area contributed by atoms with Gasteiger partial charge in [-0.1, -0.05) is 0 Å². The quantitative estimate of drug-likeness (QED) is 0.858. The highest BCUT2D eigenvalue weighted by molar-refractivity contribution is 6.04. The molecule has 1 aromatic carbocycles. The van der Waals surface area contributed by atoms with Crippen LogP contribution in [0.1, 0.15) is 16.9 Å². The van der Waals surface area contributed by atoms with E-state index in [-0.39, 0.29) is 6.10 Å². The highest BCUT2D eigenvalue weighted by Crippen LogP contribution is 2.26. The van der Waals surface area contributed by atoms with Crippen LogP contribution in [-0.4, -0.2) is 42.4 Å². The largest absolute Gasteiger partial charge is 0.380 e. The van der Waals surface area contributed by atoms with E-state index in [0.29, 0.717) is 5.69 Å². The number of hydrogen-bond acceptors (Lipinski definition) is 4. The van der Waals surface area contributed by atoms with Gasteiger partial charge in [-0.25, -0.2) is 0 Å². The Bertz CT molecular complexity index is 622. The number of nitrogens with zero attached hydrogens (tertiary/aromatic N) is 2. The van der Waals surface area contributed by atoms with Crippen LogP contribution < -0.4 is 10.6 Å². The number of amides is 1. The molecular formula is C13H16N4O2. The van der Waals surface area contributed by atoms with Crippen LogP contribution in [0.5, 0.6) is 0 Å². The van der Waals surface area contributed by atoms with Crippen molar-refractivity contribution < 1.29 is 9.53 Å². The van der Waals surface area contributed by atoms with Gasteiger partial charge in [0.15, 0.2) is 5.69 Å². The van der Waals surface area contributed by atoms with Gasteiger partial charge in [0.05, 0.1) is 11.6 Å². The first kappa shape index (κ1) is 12.0. The number of ether oxygens (including phenoxy) is 1. The summed E-state index contributed by atoms with van der Waals surface area (Å²) in [7, 11) is 1.73. The molecule has 19 heavy (non-hydrogen) atoms. The third-order valence-corrected chi connectivity index (χ3v) is 3.62. The van der Waals surface area contributed by atoms with Crippen LogP contribution >= 0.6 is 0 Å². The maximum absolute atomic E-state index is 11.3. The zero-order chi connectivity index (χ0) is 13.4. The first-order valence-electron chi connectivity index (χ1n) is 6.24. The number of nitrogens with two attached hydrogens (primary N) is 1. The van der Waals surface area contributed by atoms with Gasteiger partial charge in [-0.2, -0.15) is 5.10 Å².